The molecule has 3 aromatic rings. The summed E-state index contributed by atoms with van der Waals surface area (Å²) in [6, 6.07) is 3.63. The zero-order valence-corrected chi connectivity index (χ0v) is 19.3. The fraction of sp³-hybridized carbons (Fsp3) is 0.591. The van der Waals surface area contributed by atoms with Crippen LogP contribution in [0.3, 0.4) is 0 Å². The van der Waals surface area contributed by atoms with Crippen LogP contribution < -0.4 is 0 Å². The Morgan fingerprint density at radius 3 is 2.70 bits per heavy atom. The van der Waals surface area contributed by atoms with Crippen LogP contribution in [-0.4, -0.2) is 50.7 Å². The van der Waals surface area contributed by atoms with E-state index in [9.17, 15) is 5.11 Å². The predicted molar refractivity (Wildman–Crippen MR) is 121 cm³/mol. The lowest BCUT2D eigenvalue weighted by Gasteiger charge is -2.27. The van der Waals surface area contributed by atoms with Crippen LogP contribution in [0.4, 0.5) is 0 Å². The molecular weight excluding hydrogens is 394 g/mol. The predicted octanol–water partition coefficient (Wildman–Crippen LogP) is 4.33. The second kappa shape index (κ2) is 8.99. The van der Waals surface area contributed by atoms with Gasteiger partial charge in [0.05, 0.1) is 17.9 Å². The van der Waals surface area contributed by atoms with Crippen molar-refractivity contribution in [2.75, 3.05) is 13.2 Å². The molecule has 30 heavy (non-hydrogen) atoms. The first-order valence-corrected chi connectivity index (χ1v) is 14.7. The van der Waals surface area contributed by atoms with E-state index in [2.05, 4.69) is 51.7 Å². The first-order valence-electron chi connectivity index (χ1n) is 11.0. The number of aliphatic hydroxyl groups excluding tert-OH is 1. The summed E-state index contributed by atoms with van der Waals surface area (Å²) in [6.45, 7) is 8.68. The quantitative estimate of drug-likeness (QED) is 0.428. The normalized spacial score (nSPS) is 20.1. The van der Waals surface area contributed by atoms with Crippen LogP contribution in [0.2, 0.25) is 25.7 Å². The molecule has 1 fully saturated rings. The largest absolute Gasteiger partial charge is 0.396 e. The number of aliphatic hydroxyl groups is 1. The lowest BCUT2D eigenvalue weighted by molar-refractivity contribution is 0.0899. The summed E-state index contributed by atoms with van der Waals surface area (Å²) in [4.78, 5) is 9.06. The fourth-order valence-corrected chi connectivity index (χ4v) is 4.89. The molecule has 7 nitrogen and oxygen atoms in total. The van der Waals surface area contributed by atoms with Gasteiger partial charge in [0.15, 0.2) is 0 Å². The summed E-state index contributed by atoms with van der Waals surface area (Å²) in [7, 11) is -1.09. The monoisotopic (exact) mass is 427 g/mol. The van der Waals surface area contributed by atoms with Crippen LogP contribution in [-0.2, 0) is 11.5 Å². The highest BCUT2D eigenvalue weighted by molar-refractivity contribution is 6.76. The molecule has 1 saturated carbocycles. The summed E-state index contributed by atoms with van der Waals surface area (Å²) in [5.74, 6) is 0.450. The van der Waals surface area contributed by atoms with Gasteiger partial charge in [0.1, 0.15) is 18.7 Å². The van der Waals surface area contributed by atoms with Gasteiger partial charge in [-0.05, 0) is 43.7 Å². The van der Waals surface area contributed by atoms with E-state index < -0.39 is 8.07 Å². The Balaban J connectivity index is 1.47. The number of hydrogen-bond donors (Lipinski definition) is 1. The molecule has 0 spiro atoms. The zero-order valence-electron chi connectivity index (χ0n) is 18.3. The summed E-state index contributed by atoms with van der Waals surface area (Å²) in [5, 5.41) is 15.0. The van der Waals surface area contributed by atoms with Gasteiger partial charge in [-0.15, -0.1) is 0 Å². The molecule has 0 aliphatic heterocycles. The number of fused-ring (bicyclic) bond motifs is 1. The maximum absolute atomic E-state index is 9.36. The lowest BCUT2D eigenvalue weighted by Crippen LogP contribution is -2.22. The zero-order chi connectivity index (χ0) is 21.1. The first-order chi connectivity index (χ1) is 14.4. The van der Waals surface area contributed by atoms with E-state index in [1.807, 2.05) is 17.0 Å². The van der Waals surface area contributed by atoms with Crippen molar-refractivity contribution in [2.24, 2.45) is 5.92 Å². The van der Waals surface area contributed by atoms with Crippen molar-refractivity contribution >= 4 is 19.1 Å². The molecule has 0 aromatic carbocycles. The van der Waals surface area contributed by atoms with Crippen LogP contribution in [0.15, 0.2) is 31.0 Å². The van der Waals surface area contributed by atoms with Gasteiger partial charge in [-0.1, -0.05) is 19.6 Å². The molecule has 162 valence electrons. The highest BCUT2D eigenvalue weighted by atomic mass is 28.3. The van der Waals surface area contributed by atoms with Gasteiger partial charge in [-0.3, -0.25) is 4.68 Å². The maximum atomic E-state index is 9.36. The number of ether oxygens (including phenoxy) is 1. The minimum atomic E-state index is -1.09. The summed E-state index contributed by atoms with van der Waals surface area (Å²) >= 11 is 0. The second-order valence-corrected chi connectivity index (χ2v) is 15.3. The summed E-state index contributed by atoms with van der Waals surface area (Å²) in [5.41, 5.74) is 2.82. The molecule has 3 heterocycles. The third kappa shape index (κ3) is 4.82. The van der Waals surface area contributed by atoms with Crippen molar-refractivity contribution in [3.63, 3.8) is 0 Å². The van der Waals surface area contributed by atoms with E-state index in [4.69, 9.17) is 4.74 Å². The summed E-state index contributed by atoms with van der Waals surface area (Å²) in [6.07, 6.45) is 11.9. The highest BCUT2D eigenvalue weighted by Crippen LogP contribution is 2.33. The average molecular weight is 428 g/mol. The van der Waals surface area contributed by atoms with Gasteiger partial charge >= 0.3 is 0 Å². The number of hydrogen-bond acceptors (Lipinski definition) is 5. The van der Waals surface area contributed by atoms with Gasteiger partial charge in [0.2, 0.25) is 0 Å². The Bertz CT molecular complexity index is 969. The van der Waals surface area contributed by atoms with Crippen LogP contribution in [0, 0.1) is 5.92 Å². The molecule has 1 aliphatic rings. The van der Waals surface area contributed by atoms with Crippen molar-refractivity contribution < 1.29 is 9.84 Å². The Hall–Kier alpha value is -2.03. The van der Waals surface area contributed by atoms with Gasteiger partial charge in [-0.25, -0.2) is 9.97 Å². The molecule has 4 rings (SSSR count). The smallest absolute Gasteiger partial charge is 0.145 e. The second-order valence-electron chi connectivity index (χ2n) is 9.66. The fourth-order valence-electron chi connectivity index (χ4n) is 4.13. The van der Waals surface area contributed by atoms with Crippen LogP contribution >= 0.6 is 0 Å². The van der Waals surface area contributed by atoms with Crippen molar-refractivity contribution in [1.82, 2.24) is 24.3 Å². The van der Waals surface area contributed by atoms with E-state index in [0.29, 0.717) is 25.3 Å². The highest BCUT2D eigenvalue weighted by Gasteiger charge is 2.23. The molecule has 3 aromatic heterocycles. The van der Waals surface area contributed by atoms with E-state index in [1.165, 1.54) is 0 Å². The average Bonchev–Trinajstić information content (AvgIpc) is 3.38. The van der Waals surface area contributed by atoms with E-state index in [1.54, 1.807) is 6.33 Å². The molecule has 0 bridgehead atoms. The standard InChI is InChI=1S/C22H33N5O2Si/c1-30(2,3)11-10-29-16-26-9-8-20-21(23-15-24-22(20)26)18-12-25-27(13-18)19-6-4-17(14-28)5-7-19/h8-9,12-13,15,17,19,28H,4-7,10-11,14,16H2,1-3H3. The van der Waals surface area contributed by atoms with Crippen LogP contribution in [0.5, 0.6) is 0 Å². The maximum Gasteiger partial charge on any atom is 0.145 e. The Kier molecular flexibility index (Phi) is 6.36. The van der Waals surface area contributed by atoms with Gasteiger partial charge in [0, 0.05) is 44.6 Å². The molecular formula is C22H33N5O2Si. The Labute approximate surface area is 179 Å². The van der Waals surface area contributed by atoms with Gasteiger partial charge in [-0.2, -0.15) is 5.10 Å². The van der Waals surface area contributed by atoms with E-state index >= 15 is 0 Å². The van der Waals surface area contributed by atoms with Crippen molar-refractivity contribution in [3.05, 3.63) is 31.0 Å². The molecule has 0 saturated heterocycles. The number of rotatable bonds is 8. The lowest BCUT2D eigenvalue weighted by atomic mass is 9.87. The molecule has 0 amide bonds. The summed E-state index contributed by atoms with van der Waals surface area (Å²) < 4.78 is 10.0. The van der Waals surface area contributed by atoms with E-state index in [0.717, 1.165) is 60.6 Å². The van der Waals surface area contributed by atoms with E-state index in [-0.39, 0.29) is 0 Å². The van der Waals surface area contributed by atoms with Crippen molar-refractivity contribution in [3.8, 4) is 11.3 Å². The molecule has 0 unspecified atom stereocenters. The number of aromatic nitrogens is 5. The molecule has 0 radical (unpaired) electrons. The Morgan fingerprint density at radius 2 is 1.97 bits per heavy atom. The van der Waals surface area contributed by atoms with Crippen LogP contribution in [0.25, 0.3) is 22.3 Å². The molecule has 1 N–H and O–H groups in total. The van der Waals surface area contributed by atoms with Crippen molar-refractivity contribution in [1.29, 1.82) is 0 Å². The third-order valence-corrected chi connectivity index (χ3v) is 7.81. The Morgan fingerprint density at radius 1 is 1.17 bits per heavy atom. The third-order valence-electron chi connectivity index (χ3n) is 6.11. The molecule has 8 heteroatoms. The minimum Gasteiger partial charge on any atom is -0.396 e. The SMILES string of the molecule is C[Si](C)(C)CCOCn1ccc2c(-c3cnn(C4CCC(CO)CC4)c3)ncnc21. The number of nitrogens with zero attached hydrogens (tertiary/aromatic N) is 5. The van der Waals surface area contributed by atoms with Gasteiger partial charge < -0.3 is 14.4 Å². The molecule has 1 aliphatic carbocycles. The minimum absolute atomic E-state index is 0.300. The topological polar surface area (TPSA) is 78.0 Å². The van der Waals surface area contributed by atoms with Gasteiger partial charge in [0.25, 0.3) is 0 Å². The van der Waals surface area contributed by atoms with Crippen molar-refractivity contribution in [2.45, 2.75) is 64.1 Å². The van der Waals surface area contributed by atoms with Crippen LogP contribution in [0.1, 0.15) is 31.7 Å². The first kappa shape index (κ1) is 21.2. The molecule has 0 atom stereocenters.